The second-order valence-corrected chi connectivity index (χ2v) is 3.59. The highest BCUT2D eigenvalue weighted by atomic mass is 16.3. The predicted octanol–water partition coefficient (Wildman–Crippen LogP) is -0.550. The molecule has 0 radical (unpaired) electrons. The van der Waals surface area contributed by atoms with Gasteiger partial charge in [0.25, 0.3) is 5.91 Å². The summed E-state index contributed by atoms with van der Waals surface area (Å²) in [7, 11) is 3.42. The molecule has 1 amide bonds. The van der Waals surface area contributed by atoms with Gasteiger partial charge in [0.2, 0.25) is 0 Å². The topological polar surface area (TPSA) is 65.7 Å². The summed E-state index contributed by atoms with van der Waals surface area (Å²) < 4.78 is 1.78. The van der Waals surface area contributed by atoms with Gasteiger partial charge in [-0.25, -0.2) is 0 Å². The van der Waals surface area contributed by atoms with Crippen LogP contribution in [0.25, 0.3) is 0 Å². The zero-order valence-corrected chi connectivity index (χ0v) is 8.92. The second kappa shape index (κ2) is 4.95. The highest BCUT2D eigenvalue weighted by Crippen LogP contribution is 2.04. The van der Waals surface area contributed by atoms with Gasteiger partial charge in [0.05, 0.1) is 18.3 Å². The van der Waals surface area contributed by atoms with Gasteiger partial charge in [-0.15, -0.1) is 0 Å². The Morgan fingerprint density at radius 2 is 2.33 bits per heavy atom. The lowest BCUT2D eigenvalue weighted by molar-refractivity contribution is 0.0520. The van der Waals surface area contributed by atoms with E-state index in [0.717, 1.165) is 0 Å². The first-order valence-corrected chi connectivity index (χ1v) is 4.71. The molecule has 0 bridgehead atoms. The number of aromatic nitrogens is 1. The molecule has 0 saturated heterocycles. The summed E-state index contributed by atoms with van der Waals surface area (Å²) in [6.45, 7) is -0.212. The first-order chi connectivity index (χ1) is 7.04. The lowest BCUT2D eigenvalue weighted by atomic mass is 10.2. The van der Waals surface area contributed by atoms with Gasteiger partial charge in [-0.1, -0.05) is 0 Å². The summed E-state index contributed by atoms with van der Waals surface area (Å²) in [5, 5.41) is 17.8. The van der Waals surface area contributed by atoms with E-state index in [9.17, 15) is 9.90 Å². The minimum atomic E-state index is -0.886. The smallest absolute Gasteiger partial charge is 0.255 e. The van der Waals surface area contributed by atoms with Crippen molar-refractivity contribution < 1.29 is 15.0 Å². The van der Waals surface area contributed by atoms with Crippen molar-refractivity contribution in [2.24, 2.45) is 7.05 Å². The van der Waals surface area contributed by atoms with E-state index in [2.05, 4.69) is 0 Å². The Morgan fingerprint density at radius 3 is 2.80 bits per heavy atom. The lowest BCUT2D eigenvalue weighted by Gasteiger charge is -2.18. The van der Waals surface area contributed by atoms with Gasteiger partial charge < -0.3 is 19.7 Å². The van der Waals surface area contributed by atoms with Crippen molar-refractivity contribution in [2.45, 2.75) is 6.10 Å². The van der Waals surface area contributed by atoms with Gasteiger partial charge >= 0.3 is 0 Å². The zero-order valence-electron chi connectivity index (χ0n) is 8.92. The molecule has 1 atom stereocenters. The summed E-state index contributed by atoms with van der Waals surface area (Å²) in [6.07, 6.45) is 2.61. The number of carbonyl (C=O) groups excluding carboxylic acids is 1. The average Bonchev–Trinajstić information content (AvgIpc) is 2.63. The third-order valence-corrected chi connectivity index (χ3v) is 2.12. The molecule has 84 valence electrons. The van der Waals surface area contributed by atoms with Gasteiger partial charge in [-0.2, -0.15) is 0 Å². The number of hydrogen-bond acceptors (Lipinski definition) is 3. The van der Waals surface area contributed by atoms with Crippen molar-refractivity contribution in [3.63, 3.8) is 0 Å². The van der Waals surface area contributed by atoms with E-state index in [4.69, 9.17) is 5.11 Å². The number of aryl methyl sites for hydroxylation is 1. The third kappa shape index (κ3) is 3.07. The minimum Gasteiger partial charge on any atom is -0.394 e. The van der Waals surface area contributed by atoms with E-state index >= 15 is 0 Å². The number of aliphatic hydroxyl groups excluding tert-OH is 2. The van der Waals surface area contributed by atoms with Gasteiger partial charge in [-0.3, -0.25) is 4.79 Å². The van der Waals surface area contributed by atoms with Crippen LogP contribution in [-0.2, 0) is 7.05 Å². The number of likely N-dealkylation sites (N-methyl/N-ethyl adjacent to an activating group) is 1. The van der Waals surface area contributed by atoms with Gasteiger partial charge in [-0.05, 0) is 6.07 Å². The zero-order chi connectivity index (χ0) is 11.4. The molecule has 0 fully saturated rings. The first kappa shape index (κ1) is 11.7. The maximum Gasteiger partial charge on any atom is 0.255 e. The number of hydrogen-bond donors (Lipinski definition) is 2. The van der Waals surface area contributed by atoms with Gasteiger partial charge in [0.1, 0.15) is 0 Å². The average molecular weight is 212 g/mol. The molecule has 1 rings (SSSR count). The van der Waals surface area contributed by atoms with E-state index in [0.29, 0.717) is 5.56 Å². The fraction of sp³-hybridized carbons (Fsp3) is 0.500. The molecule has 5 nitrogen and oxygen atoms in total. The SMILES string of the molecule is CN(C[C@H](O)CO)C(=O)c1ccn(C)c1. The van der Waals surface area contributed by atoms with E-state index in [1.807, 2.05) is 7.05 Å². The standard InChI is InChI=1S/C10H16N2O3/c1-11-4-3-8(5-11)10(15)12(2)6-9(14)7-13/h3-5,9,13-14H,6-7H2,1-2H3/t9-/m0/s1. The normalized spacial score (nSPS) is 12.5. The van der Waals surface area contributed by atoms with Crippen molar-refractivity contribution in [1.82, 2.24) is 9.47 Å². The molecule has 2 N–H and O–H groups in total. The summed E-state index contributed by atoms with van der Waals surface area (Å²) in [4.78, 5) is 13.1. The highest BCUT2D eigenvalue weighted by molar-refractivity contribution is 5.93. The predicted molar refractivity (Wildman–Crippen MR) is 55.5 cm³/mol. The quantitative estimate of drug-likeness (QED) is 0.704. The molecule has 0 spiro atoms. The Labute approximate surface area is 88.6 Å². The van der Waals surface area contributed by atoms with Crippen LogP contribution in [0.3, 0.4) is 0 Å². The summed E-state index contributed by atoms with van der Waals surface area (Å²) in [5.41, 5.74) is 0.574. The van der Waals surface area contributed by atoms with E-state index in [1.165, 1.54) is 4.90 Å². The van der Waals surface area contributed by atoms with Crippen LogP contribution in [0.15, 0.2) is 18.5 Å². The molecule has 5 heteroatoms. The molecule has 0 saturated carbocycles. The number of rotatable bonds is 4. The first-order valence-electron chi connectivity index (χ1n) is 4.71. The Balaban J connectivity index is 2.60. The number of amides is 1. The van der Waals surface area contributed by atoms with Crippen molar-refractivity contribution in [3.05, 3.63) is 24.0 Å². The van der Waals surface area contributed by atoms with Crippen LogP contribution in [-0.4, -0.2) is 51.9 Å². The monoisotopic (exact) mass is 212 g/mol. The van der Waals surface area contributed by atoms with Crippen LogP contribution in [0.5, 0.6) is 0 Å². The molecule has 0 aliphatic rings. The Hall–Kier alpha value is -1.33. The summed E-state index contributed by atoms with van der Waals surface area (Å²) in [6, 6.07) is 1.71. The molecule has 15 heavy (non-hydrogen) atoms. The second-order valence-electron chi connectivity index (χ2n) is 3.59. The van der Waals surface area contributed by atoms with Crippen molar-refractivity contribution in [2.75, 3.05) is 20.2 Å². The van der Waals surface area contributed by atoms with Crippen molar-refractivity contribution in [1.29, 1.82) is 0 Å². The number of nitrogens with zero attached hydrogens (tertiary/aromatic N) is 2. The molecular weight excluding hydrogens is 196 g/mol. The van der Waals surface area contributed by atoms with E-state index < -0.39 is 6.10 Å². The third-order valence-electron chi connectivity index (χ3n) is 2.12. The fourth-order valence-electron chi connectivity index (χ4n) is 1.31. The maximum atomic E-state index is 11.7. The Bertz CT molecular complexity index is 335. The van der Waals surface area contributed by atoms with Crippen LogP contribution in [0.4, 0.5) is 0 Å². The molecule has 0 unspecified atom stereocenters. The van der Waals surface area contributed by atoms with Gasteiger partial charge in [0, 0.05) is 33.0 Å². The lowest BCUT2D eigenvalue weighted by Crippen LogP contribution is -2.35. The van der Waals surface area contributed by atoms with Crippen LogP contribution >= 0.6 is 0 Å². The highest BCUT2D eigenvalue weighted by Gasteiger charge is 2.15. The molecular formula is C10H16N2O3. The Morgan fingerprint density at radius 1 is 1.67 bits per heavy atom. The molecule has 0 aromatic carbocycles. The maximum absolute atomic E-state index is 11.7. The largest absolute Gasteiger partial charge is 0.394 e. The van der Waals surface area contributed by atoms with Gasteiger partial charge in [0.15, 0.2) is 0 Å². The summed E-state index contributed by atoms with van der Waals surface area (Å²) in [5.74, 6) is -0.164. The molecule has 1 aromatic heterocycles. The van der Waals surface area contributed by atoms with Crippen molar-refractivity contribution >= 4 is 5.91 Å². The summed E-state index contributed by atoms with van der Waals surface area (Å²) >= 11 is 0. The van der Waals surface area contributed by atoms with Crippen molar-refractivity contribution in [3.8, 4) is 0 Å². The van der Waals surface area contributed by atoms with Crippen LogP contribution in [0.1, 0.15) is 10.4 Å². The molecule has 1 aromatic rings. The van der Waals surface area contributed by atoms with Crippen LogP contribution in [0.2, 0.25) is 0 Å². The van der Waals surface area contributed by atoms with Crippen LogP contribution < -0.4 is 0 Å². The van der Waals surface area contributed by atoms with Crippen LogP contribution in [0, 0.1) is 0 Å². The molecule has 0 aliphatic carbocycles. The number of carbonyl (C=O) groups is 1. The number of aliphatic hydroxyl groups is 2. The van der Waals surface area contributed by atoms with E-state index in [-0.39, 0.29) is 19.1 Å². The fourth-order valence-corrected chi connectivity index (χ4v) is 1.31. The molecule has 1 heterocycles. The Kier molecular flexibility index (Phi) is 3.88. The molecule has 0 aliphatic heterocycles. The van der Waals surface area contributed by atoms with E-state index in [1.54, 1.807) is 30.1 Å². The minimum absolute atomic E-state index is 0.129.